The lowest BCUT2D eigenvalue weighted by atomic mass is 10.1. The summed E-state index contributed by atoms with van der Waals surface area (Å²) in [5.41, 5.74) is 1.70. The highest BCUT2D eigenvalue weighted by atomic mass is 16.2. The first-order chi connectivity index (χ1) is 8.70. The number of hydrogen-bond acceptors (Lipinski definition) is 3. The molecule has 0 bridgehead atoms. The first-order valence-electron chi connectivity index (χ1n) is 6.15. The summed E-state index contributed by atoms with van der Waals surface area (Å²) in [5.74, 6) is 0.317. The third kappa shape index (κ3) is 2.88. The highest BCUT2D eigenvalue weighted by Crippen LogP contribution is 2.13. The molecule has 1 unspecified atom stereocenters. The minimum atomic E-state index is 0.119. The third-order valence-corrected chi connectivity index (χ3v) is 3.29. The van der Waals surface area contributed by atoms with Gasteiger partial charge in [0.05, 0.1) is 17.6 Å². The van der Waals surface area contributed by atoms with Gasteiger partial charge in [-0.05, 0) is 30.7 Å². The lowest BCUT2D eigenvalue weighted by Crippen LogP contribution is -2.33. The molecule has 2 rings (SSSR count). The minimum absolute atomic E-state index is 0.119. The van der Waals surface area contributed by atoms with Gasteiger partial charge in [0, 0.05) is 20.1 Å². The van der Waals surface area contributed by atoms with E-state index in [4.69, 9.17) is 5.26 Å². The summed E-state index contributed by atoms with van der Waals surface area (Å²) in [4.78, 5) is 13.9. The SMILES string of the molecule is CN(Cc1ccc(C#N)cc1)C(=O)C1CCNC1. The second-order valence-electron chi connectivity index (χ2n) is 4.69. The molecule has 1 amide bonds. The van der Waals surface area contributed by atoms with Gasteiger partial charge in [0.15, 0.2) is 0 Å². The molecule has 1 N–H and O–H groups in total. The normalized spacial score (nSPS) is 18.3. The molecule has 4 heteroatoms. The zero-order valence-electron chi connectivity index (χ0n) is 10.5. The van der Waals surface area contributed by atoms with Gasteiger partial charge in [-0.25, -0.2) is 0 Å². The van der Waals surface area contributed by atoms with Crippen LogP contribution in [0.15, 0.2) is 24.3 Å². The van der Waals surface area contributed by atoms with E-state index in [1.54, 1.807) is 17.0 Å². The van der Waals surface area contributed by atoms with E-state index in [2.05, 4.69) is 11.4 Å². The molecular formula is C14H17N3O. The highest BCUT2D eigenvalue weighted by molar-refractivity contribution is 5.79. The minimum Gasteiger partial charge on any atom is -0.341 e. The van der Waals surface area contributed by atoms with Crippen molar-refractivity contribution in [2.75, 3.05) is 20.1 Å². The van der Waals surface area contributed by atoms with Crippen LogP contribution in [0.4, 0.5) is 0 Å². The van der Waals surface area contributed by atoms with Gasteiger partial charge in [0.2, 0.25) is 5.91 Å². The molecule has 1 atom stereocenters. The molecule has 1 heterocycles. The second kappa shape index (κ2) is 5.65. The number of amides is 1. The molecule has 1 fully saturated rings. The number of nitrogens with zero attached hydrogens (tertiary/aromatic N) is 2. The Bertz CT molecular complexity index is 455. The van der Waals surface area contributed by atoms with E-state index >= 15 is 0 Å². The van der Waals surface area contributed by atoms with Crippen LogP contribution < -0.4 is 5.32 Å². The maximum atomic E-state index is 12.1. The zero-order chi connectivity index (χ0) is 13.0. The largest absolute Gasteiger partial charge is 0.341 e. The molecule has 1 aromatic carbocycles. The van der Waals surface area contributed by atoms with Crippen LogP contribution in [-0.4, -0.2) is 30.9 Å². The number of hydrogen-bond donors (Lipinski definition) is 1. The van der Waals surface area contributed by atoms with Crippen LogP contribution in [0.5, 0.6) is 0 Å². The summed E-state index contributed by atoms with van der Waals surface area (Å²) in [7, 11) is 1.83. The quantitative estimate of drug-likeness (QED) is 0.865. The first kappa shape index (κ1) is 12.6. The fourth-order valence-electron chi connectivity index (χ4n) is 2.21. The fourth-order valence-corrected chi connectivity index (χ4v) is 2.21. The molecule has 0 saturated carbocycles. The van der Waals surface area contributed by atoms with Crippen LogP contribution in [0.25, 0.3) is 0 Å². The highest BCUT2D eigenvalue weighted by Gasteiger charge is 2.25. The maximum absolute atomic E-state index is 12.1. The Morgan fingerprint density at radius 3 is 2.78 bits per heavy atom. The first-order valence-corrected chi connectivity index (χ1v) is 6.15. The Morgan fingerprint density at radius 2 is 2.22 bits per heavy atom. The van der Waals surface area contributed by atoms with Gasteiger partial charge in [-0.1, -0.05) is 12.1 Å². The summed E-state index contributed by atoms with van der Waals surface area (Å²) in [6, 6.07) is 9.45. The van der Waals surface area contributed by atoms with Crippen molar-refractivity contribution < 1.29 is 4.79 Å². The topological polar surface area (TPSA) is 56.1 Å². The fraction of sp³-hybridized carbons (Fsp3) is 0.429. The number of rotatable bonds is 3. The molecule has 4 nitrogen and oxygen atoms in total. The summed E-state index contributed by atoms with van der Waals surface area (Å²) in [5, 5.41) is 11.9. The van der Waals surface area contributed by atoms with E-state index in [0.29, 0.717) is 12.1 Å². The molecule has 0 aliphatic carbocycles. The third-order valence-electron chi connectivity index (χ3n) is 3.29. The summed E-state index contributed by atoms with van der Waals surface area (Å²) < 4.78 is 0. The van der Waals surface area contributed by atoms with Crippen molar-refractivity contribution in [1.82, 2.24) is 10.2 Å². The van der Waals surface area contributed by atoms with Crippen LogP contribution >= 0.6 is 0 Å². The zero-order valence-corrected chi connectivity index (χ0v) is 10.5. The monoisotopic (exact) mass is 243 g/mol. The van der Waals surface area contributed by atoms with Crippen LogP contribution in [0.3, 0.4) is 0 Å². The Hall–Kier alpha value is -1.86. The van der Waals surface area contributed by atoms with E-state index < -0.39 is 0 Å². The van der Waals surface area contributed by atoms with E-state index in [1.807, 2.05) is 19.2 Å². The van der Waals surface area contributed by atoms with Crippen LogP contribution in [0.2, 0.25) is 0 Å². The van der Waals surface area contributed by atoms with Gasteiger partial charge >= 0.3 is 0 Å². The van der Waals surface area contributed by atoms with E-state index in [1.165, 1.54) is 0 Å². The van der Waals surface area contributed by atoms with Gasteiger partial charge < -0.3 is 10.2 Å². The lowest BCUT2D eigenvalue weighted by Gasteiger charge is -2.20. The van der Waals surface area contributed by atoms with Gasteiger partial charge in [-0.3, -0.25) is 4.79 Å². The molecule has 18 heavy (non-hydrogen) atoms. The predicted molar refractivity (Wildman–Crippen MR) is 68.6 cm³/mol. The summed E-state index contributed by atoms with van der Waals surface area (Å²) in [6.07, 6.45) is 0.927. The Balaban J connectivity index is 1.95. The van der Waals surface area contributed by atoms with E-state index in [-0.39, 0.29) is 11.8 Å². The smallest absolute Gasteiger partial charge is 0.227 e. The van der Waals surface area contributed by atoms with Gasteiger partial charge in [-0.2, -0.15) is 5.26 Å². The number of carbonyl (C=O) groups excluding carboxylic acids is 1. The molecule has 94 valence electrons. The predicted octanol–water partition coefficient (Wildman–Crippen LogP) is 1.13. The van der Waals surface area contributed by atoms with Crippen molar-refractivity contribution in [3.63, 3.8) is 0 Å². The van der Waals surface area contributed by atoms with E-state index in [0.717, 1.165) is 25.1 Å². The molecule has 1 aromatic rings. The number of carbonyl (C=O) groups is 1. The van der Waals surface area contributed by atoms with Crippen LogP contribution in [-0.2, 0) is 11.3 Å². The second-order valence-corrected chi connectivity index (χ2v) is 4.69. The average Bonchev–Trinajstić information content (AvgIpc) is 2.92. The Kier molecular flexibility index (Phi) is 3.96. The van der Waals surface area contributed by atoms with Crippen molar-refractivity contribution in [3.05, 3.63) is 35.4 Å². The number of nitriles is 1. The number of nitrogens with one attached hydrogen (secondary N) is 1. The molecule has 1 aliphatic rings. The molecular weight excluding hydrogens is 226 g/mol. The van der Waals surface area contributed by atoms with Gasteiger partial charge in [0.25, 0.3) is 0 Å². The van der Waals surface area contributed by atoms with Crippen molar-refractivity contribution in [1.29, 1.82) is 5.26 Å². The van der Waals surface area contributed by atoms with Gasteiger partial charge in [0.1, 0.15) is 0 Å². The molecule has 1 saturated heterocycles. The Morgan fingerprint density at radius 1 is 1.50 bits per heavy atom. The molecule has 0 aromatic heterocycles. The standard InChI is InChI=1S/C14H17N3O/c1-17(14(18)13-6-7-16-9-13)10-12-4-2-11(8-15)3-5-12/h2-5,13,16H,6-7,9-10H2,1H3. The van der Waals surface area contributed by atoms with Gasteiger partial charge in [-0.15, -0.1) is 0 Å². The van der Waals surface area contributed by atoms with Crippen molar-refractivity contribution in [2.24, 2.45) is 5.92 Å². The van der Waals surface area contributed by atoms with Crippen molar-refractivity contribution in [3.8, 4) is 6.07 Å². The average molecular weight is 243 g/mol. The lowest BCUT2D eigenvalue weighted by molar-refractivity contribution is -0.134. The maximum Gasteiger partial charge on any atom is 0.227 e. The summed E-state index contributed by atoms with van der Waals surface area (Å²) >= 11 is 0. The molecule has 1 aliphatic heterocycles. The molecule has 0 radical (unpaired) electrons. The molecule has 0 spiro atoms. The summed E-state index contributed by atoms with van der Waals surface area (Å²) in [6.45, 7) is 2.32. The Labute approximate surface area is 107 Å². The van der Waals surface area contributed by atoms with Crippen molar-refractivity contribution >= 4 is 5.91 Å². The van der Waals surface area contributed by atoms with E-state index in [9.17, 15) is 4.79 Å². The van der Waals surface area contributed by atoms with Crippen LogP contribution in [0, 0.1) is 17.2 Å². The van der Waals surface area contributed by atoms with Crippen LogP contribution in [0.1, 0.15) is 17.5 Å². The number of benzene rings is 1. The van der Waals surface area contributed by atoms with Crippen molar-refractivity contribution in [2.45, 2.75) is 13.0 Å².